The lowest BCUT2D eigenvalue weighted by Crippen LogP contribution is -2.17. The fraction of sp³-hybridized carbons (Fsp3) is 0. The van der Waals surface area contributed by atoms with E-state index in [-0.39, 0.29) is 11.3 Å². The zero-order valence-corrected chi connectivity index (χ0v) is 9.88. The summed E-state index contributed by atoms with van der Waals surface area (Å²) in [6.07, 6.45) is 1.39. The number of nitrogens with zero attached hydrogens (tertiary/aromatic N) is 1. The molecule has 0 saturated heterocycles. The highest BCUT2D eigenvalue weighted by Gasteiger charge is 2.04. The number of hydrogen-bond acceptors (Lipinski definition) is 3. The van der Waals surface area contributed by atoms with Crippen molar-refractivity contribution in [1.29, 1.82) is 0 Å². The van der Waals surface area contributed by atoms with Crippen LogP contribution >= 0.6 is 0 Å². The number of hydrogen-bond donors (Lipinski definition) is 2. The molecule has 0 heterocycles. The first-order chi connectivity index (χ1) is 9.15. The van der Waals surface area contributed by atoms with Crippen molar-refractivity contribution >= 4 is 12.1 Å². The van der Waals surface area contributed by atoms with E-state index < -0.39 is 11.7 Å². The summed E-state index contributed by atoms with van der Waals surface area (Å²) in [5, 5.41) is 13.0. The summed E-state index contributed by atoms with van der Waals surface area (Å²) in [5.41, 5.74) is 3.10. The van der Waals surface area contributed by atoms with Crippen molar-refractivity contribution in [2.75, 3.05) is 0 Å². The number of phenolic OH excluding ortho intramolecular Hbond substituents is 1. The Labute approximate surface area is 109 Å². The van der Waals surface area contributed by atoms with Crippen LogP contribution in [0.3, 0.4) is 0 Å². The van der Waals surface area contributed by atoms with E-state index in [4.69, 9.17) is 0 Å². The molecule has 5 heteroatoms. The van der Waals surface area contributed by atoms with Gasteiger partial charge >= 0.3 is 0 Å². The third kappa shape index (κ3) is 3.64. The molecule has 0 spiro atoms. The molecule has 96 valence electrons. The fourth-order valence-electron chi connectivity index (χ4n) is 1.46. The van der Waals surface area contributed by atoms with Crippen molar-refractivity contribution in [2.45, 2.75) is 0 Å². The molecule has 0 bridgehead atoms. The van der Waals surface area contributed by atoms with Crippen LogP contribution < -0.4 is 5.43 Å². The molecule has 0 atom stereocenters. The number of halogens is 1. The summed E-state index contributed by atoms with van der Waals surface area (Å²) >= 11 is 0. The van der Waals surface area contributed by atoms with Crippen LogP contribution in [-0.4, -0.2) is 17.2 Å². The van der Waals surface area contributed by atoms with E-state index in [2.05, 4.69) is 10.5 Å². The highest BCUT2D eigenvalue weighted by molar-refractivity contribution is 5.94. The molecule has 0 aromatic heterocycles. The highest BCUT2D eigenvalue weighted by Crippen LogP contribution is 2.08. The van der Waals surface area contributed by atoms with E-state index in [0.717, 1.165) is 6.07 Å². The second kappa shape index (κ2) is 5.77. The average Bonchev–Trinajstić information content (AvgIpc) is 2.38. The number of benzene rings is 2. The molecule has 19 heavy (non-hydrogen) atoms. The molecular formula is C14H11FN2O2. The minimum atomic E-state index is -0.504. The van der Waals surface area contributed by atoms with Gasteiger partial charge in [0.05, 0.1) is 6.21 Å². The predicted molar refractivity (Wildman–Crippen MR) is 69.6 cm³/mol. The minimum absolute atomic E-state index is 0.111. The van der Waals surface area contributed by atoms with Crippen LogP contribution in [0.1, 0.15) is 15.9 Å². The van der Waals surface area contributed by atoms with Gasteiger partial charge in [0.2, 0.25) is 0 Å². The second-order valence-corrected chi connectivity index (χ2v) is 3.80. The Balaban J connectivity index is 2.01. The standard InChI is InChI=1S/C14H11FN2O2/c15-12-5-2-4-11(8-12)14(19)17-16-9-10-3-1-6-13(18)7-10/h1-9,18H,(H,17,19). The van der Waals surface area contributed by atoms with Gasteiger partial charge < -0.3 is 5.11 Å². The van der Waals surface area contributed by atoms with Crippen molar-refractivity contribution in [2.24, 2.45) is 5.10 Å². The van der Waals surface area contributed by atoms with Gasteiger partial charge in [-0.1, -0.05) is 18.2 Å². The van der Waals surface area contributed by atoms with E-state index in [1.54, 1.807) is 12.1 Å². The molecule has 0 fully saturated rings. The van der Waals surface area contributed by atoms with Crippen LogP contribution in [0.25, 0.3) is 0 Å². The van der Waals surface area contributed by atoms with Crippen molar-refractivity contribution in [1.82, 2.24) is 5.43 Å². The van der Waals surface area contributed by atoms with Gasteiger partial charge in [0, 0.05) is 5.56 Å². The average molecular weight is 258 g/mol. The number of nitrogens with one attached hydrogen (secondary N) is 1. The number of hydrazone groups is 1. The second-order valence-electron chi connectivity index (χ2n) is 3.80. The molecule has 0 aliphatic carbocycles. The van der Waals surface area contributed by atoms with Gasteiger partial charge in [0.15, 0.2) is 0 Å². The van der Waals surface area contributed by atoms with Crippen molar-refractivity contribution in [3.63, 3.8) is 0 Å². The van der Waals surface area contributed by atoms with Gasteiger partial charge in [0.25, 0.3) is 5.91 Å². The molecule has 0 aliphatic rings. The van der Waals surface area contributed by atoms with E-state index in [1.165, 1.54) is 36.5 Å². The SMILES string of the molecule is O=C(NN=Cc1cccc(O)c1)c1cccc(F)c1. The fourth-order valence-corrected chi connectivity index (χ4v) is 1.46. The van der Waals surface area contributed by atoms with Crippen LogP contribution in [0, 0.1) is 5.82 Å². The molecule has 0 aliphatic heterocycles. The zero-order valence-electron chi connectivity index (χ0n) is 9.88. The molecule has 4 nitrogen and oxygen atoms in total. The van der Waals surface area contributed by atoms with Crippen LogP contribution in [0.2, 0.25) is 0 Å². The van der Waals surface area contributed by atoms with Crippen LogP contribution in [0.15, 0.2) is 53.6 Å². The van der Waals surface area contributed by atoms with Crippen LogP contribution in [-0.2, 0) is 0 Å². The topological polar surface area (TPSA) is 61.7 Å². The molecule has 1 amide bonds. The van der Waals surface area contributed by atoms with E-state index >= 15 is 0 Å². The summed E-state index contributed by atoms with van der Waals surface area (Å²) in [6, 6.07) is 11.7. The number of aromatic hydroxyl groups is 1. The number of phenols is 1. The lowest BCUT2D eigenvalue weighted by molar-refractivity contribution is 0.0954. The highest BCUT2D eigenvalue weighted by atomic mass is 19.1. The van der Waals surface area contributed by atoms with Gasteiger partial charge in [-0.15, -0.1) is 0 Å². The molecule has 2 rings (SSSR count). The molecule has 2 aromatic rings. The summed E-state index contributed by atoms with van der Waals surface area (Å²) in [7, 11) is 0. The molecular weight excluding hydrogens is 247 g/mol. The van der Waals surface area contributed by atoms with Gasteiger partial charge in [-0.2, -0.15) is 5.10 Å². The third-order valence-corrected chi connectivity index (χ3v) is 2.34. The first kappa shape index (κ1) is 12.8. The third-order valence-electron chi connectivity index (χ3n) is 2.34. The Bertz CT molecular complexity index is 626. The first-order valence-corrected chi connectivity index (χ1v) is 5.53. The van der Waals surface area contributed by atoms with Crippen molar-refractivity contribution in [3.8, 4) is 5.75 Å². The first-order valence-electron chi connectivity index (χ1n) is 5.53. The van der Waals surface area contributed by atoms with Gasteiger partial charge in [-0.25, -0.2) is 9.82 Å². The summed E-state index contributed by atoms with van der Waals surface area (Å²) < 4.78 is 12.9. The smallest absolute Gasteiger partial charge is 0.271 e. The Morgan fingerprint density at radius 1 is 1.21 bits per heavy atom. The Kier molecular flexibility index (Phi) is 3.87. The summed E-state index contributed by atoms with van der Waals surface area (Å²) in [4.78, 5) is 11.6. The van der Waals surface area contributed by atoms with Crippen molar-refractivity contribution < 1.29 is 14.3 Å². The van der Waals surface area contributed by atoms with Gasteiger partial charge in [-0.05, 0) is 35.9 Å². The van der Waals surface area contributed by atoms with Crippen LogP contribution in [0.4, 0.5) is 4.39 Å². The molecule has 0 radical (unpaired) electrons. The molecule has 2 aromatic carbocycles. The summed E-state index contributed by atoms with van der Waals surface area (Å²) in [5.74, 6) is -0.874. The maximum absolute atomic E-state index is 12.9. The number of carbonyl (C=O) groups excluding carboxylic acids is 1. The predicted octanol–water partition coefficient (Wildman–Crippen LogP) is 2.30. The number of rotatable bonds is 3. The Hall–Kier alpha value is -2.69. The number of amides is 1. The largest absolute Gasteiger partial charge is 0.508 e. The Morgan fingerprint density at radius 3 is 2.74 bits per heavy atom. The Morgan fingerprint density at radius 2 is 2.00 bits per heavy atom. The van der Waals surface area contributed by atoms with E-state index in [0.29, 0.717) is 5.56 Å². The molecule has 0 unspecified atom stereocenters. The van der Waals surface area contributed by atoms with Crippen molar-refractivity contribution in [3.05, 3.63) is 65.5 Å². The number of carbonyl (C=O) groups is 1. The van der Waals surface area contributed by atoms with Crippen LogP contribution in [0.5, 0.6) is 5.75 Å². The maximum atomic E-state index is 12.9. The minimum Gasteiger partial charge on any atom is -0.508 e. The normalized spacial score (nSPS) is 10.6. The molecule has 2 N–H and O–H groups in total. The zero-order chi connectivity index (χ0) is 13.7. The van der Waals surface area contributed by atoms with Gasteiger partial charge in [0.1, 0.15) is 11.6 Å². The monoisotopic (exact) mass is 258 g/mol. The lowest BCUT2D eigenvalue weighted by atomic mass is 10.2. The summed E-state index contributed by atoms with van der Waals surface area (Å²) in [6.45, 7) is 0. The maximum Gasteiger partial charge on any atom is 0.271 e. The van der Waals surface area contributed by atoms with Gasteiger partial charge in [-0.3, -0.25) is 4.79 Å². The van der Waals surface area contributed by atoms with E-state index in [1.807, 2.05) is 0 Å². The van der Waals surface area contributed by atoms with E-state index in [9.17, 15) is 14.3 Å². The lowest BCUT2D eigenvalue weighted by Gasteiger charge is -1.99. The molecule has 0 saturated carbocycles. The quantitative estimate of drug-likeness (QED) is 0.655.